The van der Waals surface area contributed by atoms with Crippen molar-refractivity contribution in [3.63, 3.8) is 0 Å². The molecule has 4 heteroatoms. The lowest BCUT2D eigenvalue weighted by Crippen LogP contribution is -2.50. The van der Waals surface area contributed by atoms with Crippen LogP contribution >= 0.6 is 0 Å². The van der Waals surface area contributed by atoms with Gasteiger partial charge in [0.15, 0.2) is 0 Å². The molecule has 2 heterocycles. The minimum Gasteiger partial charge on any atom is -0.337 e. The number of fused-ring (bicyclic) bond motifs is 1. The average Bonchev–Trinajstić information content (AvgIpc) is 2.87. The number of nitrogens with zero attached hydrogens (tertiary/aromatic N) is 2. The Labute approximate surface area is 125 Å². The van der Waals surface area contributed by atoms with Crippen molar-refractivity contribution in [2.75, 3.05) is 26.2 Å². The zero-order chi connectivity index (χ0) is 14.7. The van der Waals surface area contributed by atoms with Gasteiger partial charge in [-0.05, 0) is 24.1 Å². The van der Waals surface area contributed by atoms with Crippen LogP contribution in [0.2, 0.25) is 0 Å². The molecule has 1 aromatic rings. The molecule has 2 aliphatic heterocycles. The van der Waals surface area contributed by atoms with Gasteiger partial charge in [-0.1, -0.05) is 24.0 Å². The Morgan fingerprint density at radius 2 is 2.05 bits per heavy atom. The van der Waals surface area contributed by atoms with E-state index in [-0.39, 0.29) is 0 Å². The number of carbonyl (C=O) groups excluding carboxylic acids is 1. The molecule has 2 saturated heterocycles. The topological polar surface area (TPSA) is 49.6 Å². The van der Waals surface area contributed by atoms with E-state index >= 15 is 0 Å². The third-order valence-corrected chi connectivity index (χ3v) is 4.27. The van der Waals surface area contributed by atoms with E-state index < -0.39 is 0 Å². The summed E-state index contributed by atoms with van der Waals surface area (Å²) in [5, 5.41) is 0. The highest BCUT2D eigenvalue weighted by Crippen LogP contribution is 2.23. The van der Waals surface area contributed by atoms with Gasteiger partial charge in [-0.15, -0.1) is 0 Å². The summed E-state index contributed by atoms with van der Waals surface area (Å²) in [5.41, 5.74) is 7.68. The zero-order valence-electron chi connectivity index (χ0n) is 12.2. The molecule has 0 aromatic heterocycles. The second kappa shape index (κ2) is 6.30. The summed E-state index contributed by atoms with van der Waals surface area (Å²) < 4.78 is 0. The number of nitrogens with two attached hydrogens (primary N) is 1. The summed E-state index contributed by atoms with van der Waals surface area (Å²) in [4.78, 5) is 16.2. The fraction of sp³-hybridized carbons (Fsp3) is 0.471. The number of hydrogen-bond acceptors (Lipinski definition) is 3. The Morgan fingerprint density at radius 1 is 1.24 bits per heavy atom. The van der Waals surface area contributed by atoms with Gasteiger partial charge in [0.2, 0.25) is 5.91 Å². The molecule has 0 radical (unpaired) electrons. The van der Waals surface area contributed by atoms with Gasteiger partial charge in [-0.2, -0.15) is 0 Å². The molecule has 2 aliphatic rings. The molecule has 0 aliphatic carbocycles. The molecule has 110 valence electrons. The maximum atomic E-state index is 11.7. The third-order valence-electron chi connectivity index (χ3n) is 4.27. The minimum atomic E-state index is 0.336. The SMILES string of the molecule is NCC#Cc1ccc(CN2CCN3C(=O)CCC3C2)cc1. The maximum Gasteiger partial charge on any atom is 0.222 e. The van der Waals surface area contributed by atoms with Gasteiger partial charge in [0, 0.05) is 44.2 Å². The van der Waals surface area contributed by atoms with E-state index in [2.05, 4.69) is 33.8 Å². The summed E-state index contributed by atoms with van der Waals surface area (Å²) in [6.45, 7) is 4.19. The van der Waals surface area contributed by atoms with Crippen LogP contribution in [0.25, 0.3) is 0 Å². The number of hydrogen-bond donors (Lipinski definition) is 1. The molecule has 2 fully saturated rings. The van der Waals surface area contributed by atoms with Crippen molar-refractivity contribution in [3.05, 3.63) is 35.4 Å². The third kappa shape index (κ3) is 3.26. The van der Waals surface area contributed by atoms with Crippen molar-refractivity contribution < 1.29 is 4.79 Å². The highest BCUT2D eigenvalue weighted by molar-refractivity contribution is 5.78. The Kier molecular flexibility index (Phi) is 4.23. The smallest absolute Gasteiger partial charge is 0.222 e. The number of carbonyl (C=O) groups is 1. The molecule has 0 saturated carbocycles. The molecule has 4 nitrogen and oxygen atoms in total. The van der Waals surface area contributed by atoms with Gasteiger partial charge < -0.3 is 10.6 Å². The second-order valence-corrected chi connectivity index (χ2v) is 5.72. The second-order valence-electron chi connectivity index (χ2n) is 5.72. The lowest BCUT2D eigenvalue weighted by atomic mass is 10.1. The predicted octanol–water partition coefficient (Wildman–Crippen LogP) is 0.803. The van der Waals surface area contributed by atoms with Crippen molar-refractivity contribution in [1.29, 1.82) is 0 Å². The van der Waals surface area contributed by atoms with Gasteiger partial charge in [0.1, 0.15) is 0 Å². The molecule has 1 amide bonds. The van der Waals surface area contributed by atoms with Crippen molar-refractivity contribution >= 4 is 5.91 Å². The van der Waals surface area contributed by atoms with E-state index in [4.69, 9.17) is 5.73 Å². The van der Waals surface area contributed by atoms with Crippen LogP contribution in [0.5, 0.6) is 0 Å². The molecule has 1 unspecified atom stereocenters. The first-order chi connectivity index (χ1) is 10.3. The van der Waals surface area contributed by atoms with Crippen LogP contribution in [0.15, 0.2) is 24.3 Å². The number of amides is 1. The molecule has 1 aromatic carbocycles. The molecular formula is C17H21N3O. The molecule has 0 bridgehead atoms. The van der Waals surface area contributed by atoms with Gasteiger partial charge in [0.05, 0.1) is 6.54 Å². The summed E-state index contributed by atoms with van der Waals surface area (Å²) >= 11 is 0. The summed E-state index contributed by atoms with van der Waals surface area (Å²) in [6, 6.07) is 8.79. The van der Waals surface area contributed by atoms with E-state index in [9.17, 15) is 4.79 Å². The molecule has 0 spiro atoms. The normalized spacial score (nSPS) is 21.9. The first kappa shape index (κ1) is 14.1. The van der Waals surface area contributed by atoms with Crippen LogP contribution in [0.4, 0.5) is 0 Å². The highest BCUT2D eigenvalue weighted by Gasteiger charge is 2.35. The van der Waals surface area contributed by atoms with E-state index in [1.807, 2.05) is 12.1 Å². The monoisotopic (exact) mass is 283 g/mol. The summed E-state index contributed by atoms with van der Waals surface area (Å²) in [7, 11) is 0. The van der Waals surface area contributed by atoms with Crippen molar-refractivity contribution in [3.8, 4) is 11.8 Å². The van der Waals surface area contributed by atoms with Crippen LogP contribution in [-0.4, -0.2) is 47.9 Å². The Bertz CT molecular complexity index is 570. The van der Waals surface area contributed by atoms with Crippen molar-refractivity contribution in [2.45, 2.75) is 25.4 Å². The van der Waals surface area contributed by atoms with E-state index in [1.165, 1.54) is 5.56 Å². The predicted molar refractivity (Wildman–Crippen MR) is 82.4 cm³/mol. The van der Waals surface area contributed by atoms with E-state index in [1.54, 1.807) is 0 Å². The Hall–Kier alpha value is -1.83. The molecular weight excluding hydrogens is 262 g/mol. The lowest BCUT2D eigenvalue weighted by Gasteiger charge is -2.37. The lowest BCUT2D eigenvalue weighted by molar-refractivity contribution is -0.130. The fourth-order valence-electron chi connectivity index (χ4n) is 3.18. The first-order valence-corrected chi connectivity index (χ1v) is 7.56. The van der Waals surface area contributed by atoms with Crippen LogP contribution in [0.1, 0.15) is 24.0 Å². The Morgan fingerprint density at radius 3 is 2.81 bits per heavy atom. The largest absolute Gasteiger partial charge is 0.337 e. The molecule has 3 rings (SSSR count). The van der Waals surface area contributed by atoms with Gasteiger partial charge >= 0.3 is 0 Å². The van der Waals surface area contributed by atoms with Crippen LogP contribution in [0.3, 0.4) is 0 Å². The van der Waals surface area contributed by atoms with Crippen molar-refractivity contribution in [2.24, 2.45) is 5.73 Å². The van der Waals surface area contributed by atoms with E-state index in [0.29, 0.717) is 18.5 Å². The van der Waals surface area contributed by atoms with Crippen LogP contribution in [0, 0.1) is 11.8 Å². The quantitative estimate of drug-likeness (QED) is 0.817. The maximum absolute atomic E-state index is 11.7. The van der Waals surface area contributed by atoms with Crippen LogP contribution in [-0.2, 0) is 11.3 Å². The van der Waals surface area contributed by atoms with E-state index in [0.717, 1.165) is 44.6 Å². The fourth-order valence-corrected chi connectivity index (χ4v) is 3.18. The van der Waals surface area contributed by atoms with Crippen LogP contribution < -0.4 is 5.73 Å². The number of piperazine rings is 1. The van der Waals surface area contributed by atoms with Crippen molar-refractivity contribution in [1.82, 2.24) is 9.80 Å². The minimum absolute atomic E-state index is 0.336. The summed E-state index contributed by atoms with van der Waals surface area (Å²) in [6.07, 6.45) is 1.75. The number of rotatable bonds is 2. The van der Waals surface area contributed by atoms with Gasteiger partial charge in [-0.25, -0.2) is 0 Å². The molecule has 2 N–H and O–H groups in total. The highest BCUT2D eigenvalue weighted by atomic mass is 16.2. The standard InChI is InChI=1S/C17H21N3O/c18-9-1-2-14-3-5-15(6-4-14)12-19-10-11-20-16(13-19)7-8-17(20)21/h3-6,16H,7-13,18H2. The average molecular weight is 283 g/mol. The number of benzene rings is 1. The molecule has 1 atom stereocenters. The van der Waals surface area contributed by atoms with Gasteiger partial charge in [-0.3, -0.25) is 9.69 Å². The summed E-state index contributed by atoms with van der Waals surface area (Å²) in [5.74, 6) is 6.24. The molecule has 21 heavy (non-hydrogen) atoms. The first-order valence-electron chi connectivity index (χ1n) is 7.56. The Balaban J connectivity index is 1.58. The zero-order valence-corrected chi connectivity index (χ0v) is 12.2. The van der Waals surface area contributed by atoms with Gasteiger partial charge in [0.25, 0.3) is 0 Å².